The molecular weight excluding hydrogens is 182 g/mol. The molecule has 0 N–H and O–H groups in total. The number of rotatable bonds is 1. The molecule has 1 rings (SSSR count). The maximum Gasteiger partial charge on any atom is 0.292 e. The number of nitrogens with zero attached hydrogens (tertiary/aromatic N) is 1. The van der Waals surface area contributed by atoms with Gasteiger partial charge in [0.05, 0.1) is 12.1 Å². The Morgan fingerprint density at radius 1 is 1.29 bits per heavy atom. The molecule has 0 saturated carbocycles. The number of ether oxygens (including phenoxy) is 1. The van der Waals surface area contributed by atoms with Gasteiger partial charge in [0.15, 0.2) is 0 Å². The maximum absolute atomic E-state index is 11.6. The largest absolute Gasteiger partial charge is 0.351 e. The topological polar surface area (TPSA) is 46.6 Å². The Morgan fingerprint density at radius 2 is 1.79 bits per heavy atom. The van der Waals surface area contributed by atoms with Crippen molar-refractivity contribution >= 4 is 11.7 Å². The number of amides is 1. The number of hydrogen-bond donors (Lipinski definition) is 0. The molecule has 80 valence electrons. The molecule has 1 aliphatic rings. The fraction of sp³-hybridized carbons (Fsp3) is 0.800. The van der Waals surface area contributed by atoms with Crippen LogP contribution in [0.5, 0.6) is 0 Å². The highest BCUT2D eigenvalue weighted by Gasteiger charge is 2.46. The number of hydrogen-bond acceptors (Lipinski definition) is 3. The van der Waals surface area contributed by atoms with Crippen molar-refractivity contribution in [1.82, 2.24) is 4.90 Å². The van der Waals surface area contributed by atoms with Crippen molar-refractivity contribution in [3.63, 3.8) is 0 Å². The Balaban J connectivity index is 2.96. The van der Waals surface area contributed by atoms with Gasteiger partial charge in [-0.05, 0) is 27.7 Å². The SMILES string of the molecule is CC(=O)C(=O)N1C(C)C(C)OC1(C)C. The molecule has 1 heterocycles. The van der Waals surface area contributed by atoms with Gasteiger partial charge in [0.25, 0.3) is 5.91 Å². The zero-order valence-corrected chi connectivity index (χ0v) is 9.33. The summed E-state index contributed by atoms with van der Waals surface area (Å²) in [5.74, 6) is -0.908. The van der Waals surface area contributed by atoms with Crippen LogP contribution in [0.3, 0.4) is 0 Å². The molecule has 2 atom stereocenters. The lowest BCUT2D eigenvalue weighted by Crippen LogP contribution is -2.49. The highest BCUT2D eigenvalue weighted by Crippen LogP contribution is 2.31. The first-order valence-corrected chi connectivity index (χ1v) is 4.79. The summed E-state index contributed by atoms with van der Waals surface area (Å²) in [5, 5.41) is 0. The van der Waals surface area contributed by atoms with E-state index in [0.717, 1.165) is 0 Å². The first kappa shape index (κ1) is 11.2. The van der Waals surface area contributed by atoms with Crippen molar-refractivity contribution in [3.05, 3.63) is 0 Å². The predicted octanol–water partition coefficient (Wildman–Crippen LogP) is 0.947. The minimum atomic E-state index is -0.679. The summed E-state index contributed by atoms with van der Waals surface area (Å²) >= 11 is 0. The van der Waals surface area contributed by atoms with Crippen LogP contribution in [0, 0.1) is 0 Å². The minimum Gasteiger partial charge on any atom is -0.351 e. The van der Waals surface area contributed by atoms with E-state index in [4.69, 9.17) is 4.74 Å². The number of carbonyl (C=O) groups is 2. The minimum absolute atomic E-state index is 0.0340. The van der Waals surface area contributed by atoms with Crippen molar-refractivity contribution in [2.75, 3.05) is 0 Å². The third kappa shape index (κ3) is 1.66. The lowest BCUT2D eigenvalue weighted by Gasteiger charge is -2.31. The Labute approximate surface area is 84.2 Å². The normalized spacial score (nSPS) is 30.5. The zero-order chi connectivity index (χ0) is 11.1. The maximum atomic E-state index is 11.6. The first-order valence-electron chi connectivity index (χ1n) is 4.79. The van der Waals surface area contributed by atoms with Gasteiger partial charge in [-0.1, -0.05) is 0 Å². The van der Waals surface area contributed by atoms with Gasteiger partial charge in [0, 0.05) is 6.92 Å². The molecule has 0 aromatic rings. The van der Waals surface area contributed by atoms with Crippen LogP contribution in [-0.4, -0.2) is 34.5 Å². The Bertz CT molecular complexity index is 273. The van der Waals surface area contributed by atoms with Crippen LogP contribution >= 0.6 is 0 Å². The Kier molecular flexibility index (Phi) is 2.67. The first-order chi connectivity index (χ1) is 6.27. The summed E-state index contributed by atoms with van der Waals surface area (Å²) in [6, 6.07) is -0.0543. The fourth-order valence-corrected chi connectivity index (χ4v) is 1.91. The van der Waals surface area contributed by atoms with Crippen LogP contribution in [0.25, 0.3) is 0 Å². The van der Waals surface area contributed by atoms with Gasteiger partial charge in [0.1, 0.15) is 5.72 Å². The summed E-state index contributed by atoms with van der Waals surface area (Å²) in [7, 11) is 0. The average Bonchev–Trinajstić information content (AvgIpc) is 2.20. The van der Waals surface area contributed by atoms with E-state index in [1.54, 1.807) is 13.8 Å². The summed E-state index contributed by atoms with van der Waals surface area (Å²) in [4.78, 5) is 24.2. The fourth-order valence-electron chi connectivity index (χ4n) is 1.91. The smallest absolute Gasteiger partial charge is 0.292 e. The van der Waals surface area contributed by atoms with E-state index in [2.05, 4.69) is 0 Å². The summed E-state index contributed by atoms with van der Waals surface area (Å²) in [5.41, 5.74) is -0.679. The van der Waals surface area contributed by atoms with E-state index in [1.165, 1.54) is 11.8 Å². The van der Waals surface area contributed by atoms with E-state index < -0.39 is 17.4 Å². The van der Waals surface area contributed by atoms with E-state index in [0.29, 0.717) is 0 Å². The monoisotopic (exact) mass is 199 g/mol. The molecule has 0 spiro atoms. The molecule has 1 fully saturated rings. The summed E-state index contributed by atoms with van der Waals surface area (Å²) < 4.78 is 5.60. The van der Waals surface area contributed by atoms with Crippen molar-refractivity contribution in [1.29, 1.82) is 0 Å². The van der Waals surface area contributed by atoms with Crippen LogP contribution in [0.15, 0.2) is 0 Å². The van der Waals surface area contributed by atoms with Crippen LogP contribution in [0.2, 0.25) is 0 Å². The lowest BCUT2D eigenvalue weighted by atomic mass is 10.1. The van der Waals surface area contributed by atoms with E-state index in [1.807, 2.05) is 13.8 Å². The van der Waals surface area contributed by atoms with Crippen molar-refractivity contribution in [3.8, 4) is 0 Å². The predicted molar refractivity (Wildman–Crippen MR) is 51.6 cm³/mol. The molecular formula is C10H17NO3. The van der Waals surface area contributed by atoms with Crippen molar-refractivity contribution in [2.24, 2.45) is 0 Å². The van der Waals surface area contributed by atoms with Gasteiger partial charge in [-0.15, -0.1) is 0 Å². The lowest BCUT2D eigenvalue weighted by molar-refractivity contribution is -0.154. The average molecular weight is 199 g/mol. The molecule has 1 aliphatic heterocycles. The van der Waals surface area contributed by atoms with Crippen molar-refractivity contribution < 1.29 is 14.3 Å². The highest BCUT2D eigenvalue weighted by molar-refractivity contribution is 6.35. The molecule has 1 saturated heterocycles. The molecule has 0 aromatic heterocycles. The molecule has 4 nitrogen and oxygen atoms in total. The van der Waals surface area contributed by atoms with Crippen LogP contribution < -0.4 is 0 Å². The van der Waals surface area contributed by atoms with E-state index in [9.17, 15) is 9.59 Å². The Morgan fingerprint density at radius 3 is 2.07 bits per heavy atom. The molecule has 1 amide bonds. The number of ketones is 1. The standard InChI is InChI=1S/C10H17NO3/c1-6-8(3)14-10(4,5)11(6)9(13)7(2)12/h6,8H,1-5H3. The third-order valence-electron chi connectivity index (χ3n) is 2.66. The van der Waals surface area contributed by atoms with Crippen LogP contribution in [-0.2, 0) is 14.3 Å². The summed E-state index contributed by atoms with van der Waals surface area (Å²) in [6.07, 6.45) is -0.0340. The van der Waals surface area contributed by atoms with E-state index in [-0.39, 0.29) is 12.1 Å². The van der Waals surface area contributed by atoms with Gasteiger partial charge >= 0.3 is 0 Å². The van der Waals surface area contributed by atoms with Crippen LogP contribution in [0.1, 0.15) is 34.6 Å². The molecule has 0 bridgehead atoms. The molecule has 2 unspecified atom stereocenters. The summed E-state index contributed by atoms with van der Waals surface area (Å²) in [6.45, 7) is 8.68. The second-order valence-electron chi connectivity index (χ2n) is 4.24. The Hall–Kier alpha value is -0.900. The molecule has 0 aromatic carbocycles. The quantitative estimate of drug-likeness (QED) is 0.591. The zero-order valence-electron chi connectivity index (χ0n) is 9.33. The molecule has 0 radical (unpaired) electrons. The number of carbonyl (C=O) groups excluding carboxylic acids is 2. The van der Waals surface area contributed by atoms with Gasteiger partial charge in [-0.25, -0.2) is 0 Å². The second-order valence-corrected chi connectivity index (χ2v) is 4.24. The van der Waals surface area contributed by atoms with Gasteiger partial charge in [0.2, 0.25) is 5.78 Å². The van der Waals surface area contributed by atoms with E-state index >= 15 is 0 Å². The second kappa shape index (κ2) is 3.35. The highest BCUT2D eigenvalue weighted by atomic mass is 16.5. The van der Waals surface area contributed by atoms with Gasteiger partial charge < -0.3 is 9.64 Å². The number of Topliss-reactive ketones (excluding diaryl/α,β-unsaturated/α-hetero) is 1. The van der Waals surface area contributed by atoms with Gasteiger partial charge in [-0.3, -0.25) is 9.59 Å². The molecule has 4 heteroatoms. The van der Waals surface area contributed by atoms with Crippen molar-refractivity contribution in [2.45, 2.75) is 52.5 Å². The third-order valence-corrected chi connectivity index (χ3v) is 2.66. The van der Waals surface area contributed by atoms with Crippen LogP contribution in [0.4, 0.5) is 0 Å². The molecule has 0 aliphatic carbocycles. The molecule has 14 heavy (non-hydrogen) atoms. The van der Waals surface area contributed by atoms with Gasteiger partial charge in [-0.2, -0.15) is 0 Å².